The van der Waals surface area contributed by atoms with E-state index in [-0.39, 0.29) is 16.7 Å². The van der Waals surface area contributed by atoms with Crippen LogP contribution in [0.15, 0.2) is 22.8 Å². The molecule has 0 unspecified atom stereocenters. The summed E-state index contributed by atoms with van der Waals surface area (Å²) in [5, 5.41) is 9.81. The zero-order valence-electron chi connectivity index (χ0n) is 11.9. The number of hydrogen-bond acceptors (Lipinski definition) is 3. The van der Waals surface area contributed by atoms with Gasteiger partial charge in [0.15, 0.2) is 34.6 Å². The molecule has 0 radical (unpaired) electrons. The van der Waals surface area contributed by atoms with Crippen LogP contribution in [0.4, 0.5) is 22.0 Å². The molecule has 8 heteroatoms. The fraction of sp³-hybridized carbons (Fsp3) is 0.0625. The standard InChI is InChI=1S/C16H7F5O3/c1-5-2-3-6-7(4-24-16(6)14(5)22)15(23)8-9(17)11(19)13(21)12(20)10(8)18/h2-4,22H,1H3. The Labute approximate surface area is 130 Å². The van der Waals surface area contributed by atoms with Gasteiger partial charge in [0.25, 0.3) is 0 Å². The van der Waals surface area contributed by atoms with E-state index in [0.29, 0.717) is 5.56 Å². The predicted octanol–water partition coefficient (Wildman–Crippen LogP) is 4.37. The van der Waals surface area contributed by atoms with Gasteiger partial charge in [-0.1, -0.05) is 6.07 Å². The molecule has 1 heterocycles. The van der Waals surface area contributed by atoms with E-state index in [9.17, 15) is 31.9 Å². The minimum absolute atomic E-state index is 0.0213. The first-order valence-electron chi connectivity index (χ1n) is 6.51. The van der Waals surface area contributed by atoms with E-state index in [1.54, 1.807) is 6.92 Å². The number of carbonyl (C=O) groups is 1. The second kappa shape index (κ2) is 5.33. The lowest BCUT2D eigenvalue weighted by Gasteiger charge is -2.06. The van der Waals surface area contributed by atoms with Crippen LogP contribution in [0.25, 0.3) is 11.0 Å². The van der Waals surface area contributed by atoms with Crippen molar-refractivity contribution in [3.05, 3.63) is 64.2 Å². The molecule has 1 aromatic heterocycles. The molecule has 3 rings (SSSR count). The minimum Gasteiger partial charge on any atom is -0.504 e. The van der Waals surface area contributed by atoms with Crippen LogP contribution in [0.3, 0.4) is 0 Å². The minimum atomic E-state index is -2.35. The molecule has 0 bridgehead atoms. The number of benzene rings is 2. The molecule has 0 fully saturated rings. The van der Waals surface area contributed by atoms with E-state index in [4.69, 9.17) is 4.42 Å². The highest BCUT2D eigenvalue weighted by atomic mass is 19.2. The highest BCUT2D eigenvalue weighted by Crippen LogP contribution is 2.34. The van der Waals surface area contributed by atoms with Gasteiger partial charge in [0, 0.05) is 5.39 Å². The Kier molecular flexibility index (Phi) is 3.55. The number of aromatic hydroxyl groups is 1. The van der Waals surface area contributed by atoms with Crippen molar-refractivity contribution >= 4 is 16.8 Å². The lowest BCUT2D eigenvalue weighted by atomic mass is 10.00. The number of fused-ring (bicyclic) bond motifs is 1. The van der Waals surface area contributed by atoms with Crippen LogP contribution in [0.1, 0.15) is 21.5 Å². The van der Waals surface area contributed by atoms with Crippen LogP contribution >= 0.6 is 0 Å². The smallest absolute Gasteiger partial charge is 0.203 e. The first-order valence-corrected chi connectivity index (χ1v) is 6.51. The number of carbonyl (C=O) groups excluding carboxylic acids is 1. The summed E-state index contributed by atoms with van der Waals surface area (Å²) in [5.41, 5.74) is -1.76. The Morgan fingerprint density at radius 1 is 0.958 bits per heavy atom. The lowest BCUT2D eigenvalue weighted by Crippen LogP contribution is -2.13. The van der Waals surface area contributed by atoms with Crippen molar-refractivity contribution in [3.8, 4) is 5.75 Å². The number of aryl methyl sites for hydroxylation is 1. The normalized spacial score (nSPS) is 11.2. The fourth-order valence-corrected chi connectivity index (χ4v) is 2.30. The number of phenolic OH excluding ortho intramolecular Hbond substituents is 1. The van der Waals surface area contributed by atoms with Gasteiger partial charge >= 0.3 is 0 Å². The zero-order valence-corrected chi connectivity index (χ0v) is 11.9. The van der Waals surface area contributed by atoms with Crippen LogP contribution in [0.5, 0.6) is 5.75 Å². The first kappa shape index (κ1) is 16.0. The third-order valence-corrected chi connectivity index (χ3v) is 3.60. The summed E-state index contributed by atoms with van der Waals surface area (Å²) in [4.78, 5) is 12.3. The Bertz CT molecular complexity index is 978. The quantitative estimate of drug-likeness (QED) is 0.326. The Balaban J connectivity index is 2.27. The average Bonchev–Trinajstić information content (AvgIpc) is 2.99. The number of phenols is 1. The molecular formula is C16H7F5O3. The molecule has 0 aliphatic heterocycles. The van der Waals surface area contributed by atoms with Gasteiger partial charge in [0.1, 0.15) is 11.8 Å². The van der Waals surface area contributed by atoms with Crippen molar-refractivity contribution in [2.75, 3.05) is 0 Å². The molecule has 2 aromatic carbocycles. The topological polar surface area (TPSA) is 50.4 Å². The van der Waals surface area contributed by atoms with Crippen LogP contribution < -0.4 is 0 Å². The highest BCUT2D eigenvalue weighted by Gasteiger charge is 2.31. The Hall–Kier alpha value is -2.90. The fourth-order valence-electron chi connectivity index (χ4n) is 2.30. The predicted molar refractivity (Wildman–Crippen MR) is 72.3 cm³/mol. The summed E-state index contributed by atoms with van der Waals surface area (Å²) in [5.74, 6) is -13.0. The molecule has 0 spiro atoms. The van der Waals surface area contributed by atoms with E-state index in [0.717, 1.165) is 6.26 Å². The molecule has 3 aromatic rings. The zero-order chi connectivity index (χ0) is 17.8. The van der Waals surface area contributed by atoms with E-state index >= 15 is 0 Å². The van der Waals surface area contributed by atoms with Gasteiger partial charge in [-0.05, 0) is 18.6 Å². The number of ketones is 1. The molecular weight excluding hydrogens is 335 g/mol. The van der Waals surface area contributed by atoms with Gasteiger partial charge in [-0.25, -0.2) is 22.0 Å². The third-order valence-electron chi connectivity index (χ3n) is 3.60. The van der Waals surface area contributed by atoms with E-state index in [1.165, 1.54) is 12.1 Å². The van der Waals surface area contributed by atoms with Gasteiger partial charge < -0.3 is 9.52 Å². The number of rotatable bonds is 2. The highest BCUT2D eigenvalue weighted by molar-refractivity contribution is 6.16. The monoisotopic (exact) mass is 342 g/mol. The van der Waals surface area contributed by atoms with Gasteiger partial charge in [0.05, 0.1) is 5.56 Å². The largest absolute Gasteiger partial charge is 0.504 e. The molecule has 0 saturated heterocycles. The Morgan fingerprint density at radius 3 is 2.08 bits per heavy atom. The van der Waals surface area contributed by atoms with E-state index in [2.05, 4.69) is 0 Å². The first-order chi connectivity index (χ1) is 11.3. The van der Waals surface area contributed by atoms with Crippen molar-refractivity contribution in [2.45, 2.75) is 6.92 Å². The molecule has 124 valence electrons. The Morgan fingerprint density at radius 2 is 1.50 bits per heavy atom. The molecule has 1 N–H and O–H groups in total. The molecule has 0 aliphatic carbocycles. The summed E-state index contributed by atoms with van der Waals surface area (Å²) >= 11 is 0. The third kappa shape index (κ3) is 2.06. The summed E-state index contributed by atoms with van der Waals surface area (Å²) in [6.45, 7) is 1.54. The summed E-state index contributed by atoms with van der Waals surface area (Å²) < 4.78 is 72.1. The number of halogens is 5. The number of furan rings is 1. The van der Waals surface area contributed by atoms with Crippen molar-refractivity contribution in [1.82, 2.24) is 0 Å². The summed E-state index contributed by atoms with van der Waals surface area (Å²) in [6, 6.07) is 2.73. The summed E-state index contributed by atoms with van der Waals surface area (Å²) in [7, 11) is 0. The lowest BCUT2D eigenvalue weighted by molar-refractivity contribution is 0.102. The van der Waals surface area contributed by atoms with Gasteiger partial charge in [-0.2, -0.15) is 0 Å². The molecule has 0 saturated carbocycles. The van der Waals surface area contributed by atoms with Gasteiger partial charge in [-0.15, -0.1) is 0 Å². The maximum absolute atomic E-state index is 13.8. The average molecular weight is 342 g/mol. The second-order valence-electron chi connectivity index (χ2n) is 5.03. The van der Waals surface area contributed by atoms with Gasteiger partial charge in [0.2, 0.25) is 11.6 Å². The molecule has 24 heavy (non-hydrogen) atoms. The van der Waals surface area contributed by atoms with Crippen LogP contribution in [-0.4, -0.2) is 10.9 Å². The molecule has 3 nitrogen and oxygen atoms in total. The van der Waals surface area contributed by atoms with Crippen LogP contribution in [0.2, 0.25) is 0 Å². The van der Waals surface area contributed by atoms with Crippen molar-refractivity contribution in [2.24, 2.45) is 0 Å². The van der Waals surface area contributed by atoms with Gasteiger partial charge in [-0.3, -0.25) is 4.79 Å². The van der Waals surface area contributed by atoms with Crippen molar-refractivity contribution in [1.29, 1.82) is 0 Å². The second-order valence-corrected chi connectivity index (χ2v) is 5.03. The van der Waals surface area contributed by atoms with Crippen molar-refractivity contribution in [3.63, 3.8) is 0 Å². The molecule has 0 aliphatic rings. The SMILES string of the molecule is Cc1ccc2c(C(=O)c3c(F)c(F)c(F)c(F)c3F)coc2c1O. The number of hydrogen-bond donors (Lipinski definition) is 1. The van der Waals surface area contributed by atoms with Crippen LogP contribution in [0, 0.1) is 36.0 Å². The maximum Gasteiger partial charge on any atom is 0.203 e. The van der Waals surface area contributed by atoms with Crippen LogP contribution in [-0.2, 0) is 0 Å². The maximum atomic E-state index is 13.8. The molecule has 0 amide bonds. The van der Waals surface area contributed by atoms with Crippen molar-refractivity contribution < 1.29 is 36.3 Å². The van der Waals surface area contributed by atoms with E-state index in [1.807, 2.05) is 0 Å². The summed E-state index contributed by atoms with van der Waals surface area (Å²) in [6.07, 6.45) is 0.782. The molecule has 0 atom stereocenters. The van der Waals surface area contributed by atoms with E-state index < -0.39 is 46.0 Å².